The van der Waals surface area contributed by atoms with Crippen molar-refractivity contribution in [1.82, 2.24) is 9.55 Å². The van der Waals surface area contributed by atoms with Gasteiger partial charge in [0.15, 0.2) is 0 Å². The summed E-state index contributed by atoms with van der Waals surface area (Å²) in [6, 6.07) is 2.13. The minimum Gasteiger partial charge on any atom is -0.383 e. The van der Waals surface area contributed by atoms with Crippen LogP contribution in [0.4, 0.5) is 5.82 Å². The van der Waals surface area contributed by atoms with Crippen LogP contribution in [0.2, 0.25) is 0 Å². The fraction of sp³-hybridized carbons (Fsp3) is 0.200. The van der Waals surface area contributed by atoms with Crippen LogP contribution in [0.15, 0.2) is 42.4 Å². The van der Waals surface area contributed by atoms with E-state index in [0.717, 1.165) is 30.2 Å². The van der Waals surface area contributed by atoms with Crippen molar-refractivity contribution in [2.24, 2.45) is 0 Å². The normalized spacial score (nSPS) is 14.4. The number of rotatable bonds is 2. The number of nitriles is 1. The summed E-state index contributed by atoms with van der Waals surface area (Å²) >= 11 is 0. The number of fused-ring (bicyclic) bond motifs is 1. The molecule has 1 aliphatic carbocycles. The molecule has 0 saturated carbocycles. The van der Waals surface area contributed by atoms with Crippen molar-refractivity contribution in [3.05, 3.63) is 48.0 Å². The van der Waals surface area contributed by atoms with Crippen molar-refractivity contribution in [3.63, 3.8) is 0 Å². The van der Waals surface area contributed by atoms with Crippen molar-refractivity contribution in [2.45, 2.75) is 19.4 Å². The van der Waals surface area contributed by atoms with Gasteiger partial charge in [-0.3, -0.25) is 0 Å². The number of hydrogen-bond donors (Lipinski definition) is 1. The quantitative estimate of drug-likeness (QED) is 0.891. The Bertz CT molecular complexity index is 728. The van der Waals surface area contributed by atoms with Gasteiger partial charge in [0.25, 0.3) is 0 Å². The third-order valence-electron chi connectivity index (χ3n) is 3.38. The van der Waals surface area contributed by atoms with Crippen molar-refractivity contribution >= 4 is 16.6 Å². The van der Waals surface area contributed by atoms with Gasteiger partial charge in [0.2, 0.25) is 0 Å². The Hall–Kier alpha value is -2.54. The van der Waals surface area contributed by atoms with Crippen LogP contribution in [0.5, 0.6) is 0 Å². The van der Waals surface area contributed by atoms with E-state index in [1.807, 2.05) is 12.4 Å². The first-order valence-electron chi connectivity index (χ1n) is 6.26. The van der Waals surface area contributed by atoms with E-state index in [1.54, 1.807) is 6.20 Å². The predicted molar refractivity (Wildman–Crippen MR) is 75.3 cm³/mol. The lowest BCUT2D eigenvalue weighted by molar-refractivity contribution is 0.745. The molecule has 0 saturated heterocycles. The molecule has 0 aliphatic heterocycles. The van der Waals surface area contributed by atoms with E-state index in [4.69, 9.17) is 11.0 Å². The Morgan fingerprint density at radius 1 is 1.42 bits per heavy atom. The average Bonchev–Trinajstić information content (AvgIpc) is 2.82. The van der Waals surface area contributed by atoms with E-state index in [1.165, 1.54) is 5.57 Å². The molecule has 0 aromatic carbocycles. The van der Waals surface area contributed by atoms with Crippen molar-refractivity contribution in [2.75, 3.05) is 5.73 Å². The molecule has 2 heterocycles. The van der Waals surface area contributed by atoms with Crippen LogP contribution in [0, 0.1) is 11.3 Å². The molecule has 0 spiro atoms. The second-order valence-corrected chi connectivity index (χ2v) is 4.72. The lowest BCUT2D eigenvalue weighted by Gasteiger charge is -2.09. The number of nitrogens with two attached hydrogens (primary N) is 1. The highest BCUT2D eigenvalue weighted by Gasteiger charge is 2.09. The summed E-state index contributed by atoms with van der Waals surface area (Å²) in [5.74, 6) is 0.299. The molecule has 2 aromatic rings. The lowest BCUT2D eigenvalue weighted by atomic mass is 10.1. The van der Waals surface area contributed by atoms with Crippen LogP contribution in [0.3, 0.4) is 0 Å². The first kappa shape index (κ1) is 11.5. The van der Waals surface area contributed by atoms with E-state index < -0.39 is 0 Å². The zero-order valence-electron chi connectivity index (χ0n) is 10.5. The predicted octanol–water partition coefficient (Wildman–Crippen LogP) is 2.77. The summed E-state index contributed by atoms with van der Waals surface area (Å²) in [5, 5.41) is 11.0. The summed E-state index contributed by atoms with van der Waals surface area (Å²) < 4.78 is 2.09. The van der Waals surface area contributed by atoms with Gasteiger partial charge in [-0.1, -0.05) is 23.8 Å². The second-order valence-electron chi connectivity index (χ2n) is 4.72. The van der Waals surface area contributed by atoms with Gasteiger partial charge in [-0.25, -0.2) is 4.98 Å². The molecule has 0 amide bonds. The summed E-state index contributed by atoms with van der Waals surface area (Å²) in [6.07, 6.45) is 14.3. The standard InChI is InChI=1S/C15H14N4/c16-6-13-14-10-19(8-11-4-2-1-3-5-11)9-12(14)7-18-15(13)17/h1-2,4,7,9-10H,3,5,8,17H2. The highest BCUT2D eigenvalue weighted by Crippen LogP contribution is 2.23. The van der Waals surface area contributed by atoms with E-state index in [9.17, 15) is 0 Å². The maximum atomic E-state index is 9.15. The Labute approximate surface area is 111 Å². The van der Waals surface area contributed by atoms with Crippen LogP contribution >= 0.6 is 0 Å². The number of pyridine rings is 1. The maximum absolute atomic E-state index is 9.15. The minimum absolute atomic E-state index is 0.299. The van der Waals surface area contributed by atoms with Crippen LogP contribution < -0.4 is 5.73 Å². The van der Waals surface area contributed by atoms with Crippen LogP contribution in [0.25, 0.3) is 10.8 Å². The van der Waals surface area contributed by atoms with E-state index in [2.05, 4.69) is 33.8 Å². The van der Waals surface area contributed by atoms with Crippen molar-refractivity contribution in [1.29, 1.82) is 5.26 Å². The second kappa shape index (κ2) is 4.62. The monoisotopic (exact) mass is 250 g/mol. The van der Waals surface area contributed by atoms with Crippen LogP contribution in [0.1, 0.15) is 18.4 Å². The molecule has 2 aromatic heterocycles. The Morgan fingerprint density at radius 2 is 2.32 bits per heavy atom. The van der Waals surface area contributed by atoms with Crippen molar-refractivity contribution < 1.29 is 0 Å². The Morgan fingerprint density at radius 3 is 3.05 bits per heavy atom. The molecule has 94 valence electrons. The zero-order chi connectivity index (χ0) is 13.2. The molecule has 0 bridgehead atoms. The zero-order valence-corrected chi connectivity index (χ0v) is 10.5. The van der Waals surface area contributed by atoms with Gasteiger partial charge >= 0.3 is 0 Å². The molecule has 19 heavy (non-hydrogen) atoms. The van der Waals surface area contributed by atoms with Gasteiger partial charge in [0.05, 0.1) is 0 Å². The van der Waals surface area contributed by atoms with Crippen LogP contribution in [-0.2, 0) is 6.54 Å². The minimum atomic E-state index is 0.299. The molecule has 0 atom stereocenters. The molecule has 0 unspecified atom stereocenters. The maximum Gasteiger partial charge on any atom is 0.142 e. The molecular formula is C15H14N4. The Kier molecular flexibility index (Phi) is 2.81. The molecule has 4 heteroatoms. The molecular weight excluding hydrogens is 236 g/mol. The molecule has 3 rings (SSSR count). The molecule has 0 fully saturated rings. The highest BCUT2D eigenvalue weighted by atomic mass is 14.9. The fourth-order valence-electron chi connectivity index (χ4n) is 2.41. The number of aromatic nitrogens is 2. The first-order valence-corrected chi connectivity index (χ1v) is 6.26. The number of anilines is 1. The van der Waals surface area contributed by atoms with Gasteiger partial charge in [-0.15, -0.1) is 0 Å². The van der Waals surface area contributed by atoms with E-state index in [0.29, 0.717) is 11.4 Å². The Balaban J connectivity index is 2.00. The molecule has 4 nitrogen and oxygen atoms in total. The molecule has 0 radical (unpaired) electrons. The molecule has 2 N–H and O–H groups in total. The fourth-order valence-corrected chi connectivity index (χ4v) is 2.41. The third kappa shape index (κ3) is 2.11. The smallest absolute Gasteiger partial charge is 0.142 e. The van der Waals surface area contributed by atoms with Gasteiger partial charge in [-0.2, -0.15) is 5.26 Å². The first-order chi connectivity index (χ1) is 9.28. The average molecular weight is 250 g/mol. The number of nitrogen functional groups attached to an aromatic ring is 1. The van der Waals surface area contributed by atoms with Gasteiger partial charge in [0.1, 0.15) is 17.5 Å². The van der Waals surface area contributed by atoms with E-state index in [-0.39, 0.29) is 0 Å². The van der Waals surface area contributed by atoms with Gasteiger partial charge in [0, 0.05) is 35.9 Å². The summed E-state index contributed by atoms with van der Waals surface area (Å²) in [6.45, 7) is 0.851. The van der Waals surface area contributed by atoms with E-state index >= 15 is 0 Å². The summed E-state index contributed by atoms with van der Waals surface area (Å²) in [7, 11) is 0. The van der Waals surface area contributed by atoms with Crippen molar-refractivity contribution in [3.8, 4) is 6.07 Å². The topological polar surface area (TPSA) is 67.6 Å². The lowest BCUT2D eigenvalue weighted by Crippen LogP contribution is -1.99. The SMILES string of the molecule is N#Cc1c(N)ncc2cn(CC3=CC=CCC3)cc12. The molecule has 1 aliphatic rings. The summed E-state index contributed by atoms with van der Waals surface area (Å²) in [5.41, 5.74) is 7.58. The summed E-state index contributed by atoms with van der Waals surface area (Å²) in [4.78, 5) is 4.05. The number of allylic oxidation sites excluding steroid dienone is 4. The van der Waals surface area contributed by atoms with Gasteiger partial charge in [-0.05, 0) is 12.8 Å². The largest absolute Gasteiger partial charge is 0.383 e. The number of hydrogen-bond acceptors (Lipinski definition) is 3. The number of nitrogens with zero attached hydrogens (tertiary/aromatic N) is 3. The van der Waals surface area contributed by atoms with Crippen LogP contribution in [-0.4, -0.2) is 9.55 Å². The van der Waals surface area contributed by atoms with Gasteiger partial charge < -0.3 is 10.3 Å². The highest BCUT2D eigenvalue weighted by molar-refractivity contribution is 5.90. The third-order valence-corrected chi connectivity index (χ3v) is 3.38.